The molecule has 2 fully saturated rings. The van der Waals surface area contributed by atoms with Crippen LogP contribution >= 0.6 is 23.2 Å². The van der Waals surface area contributed by atoms with Gasteiger partial charge in [-0.25, -0.2) is 0 Å². The summed E-state index contributed by atoms with van der Waals surface area (Å²) in [6.45, 7) is 1.15. The van der Waals surface area contributed by atoms with Crippen LogP contribution in [-0.4, -0.2) is 12.6 Å². The molecule has 3 rings (SSSR count). The summed E-state index contributed by atoms with van der Waals surface area (Å²) in [5.74, 6) is 1.43. The third-order valence-electron chi connectivity index (χ3n) is 3.53. The Labute approximate surface area is 106 Å². The SMILES string of the molecule is Clc1ccc(C2CC2CNC2CC2)c(Cl)c1. The summed E-state index contributed by atoms with van der Waals surface area (Å²) < 4.78 is 0. The average molecular weight is 256 g/mol. The summed E-state index contributed by atoms with van der Waals surface area (Å²) in [7, 11) is 0. The second-order valence-corrected chi connectivity index (χ2v) is 5.79. The summed E-state index contributed by atoms with van der Waals surface area (Å²) in [4.78, 5) is 0. The first-order chi connectivity index (χ1) is 7.74. The molecule has 2 saturated carbocycles. The lowest BCUT2D eigenvalue weighted by molar-refractivity contribution is 0.624. The minimum Gasteiger partial charge on any atom is -0.314 e. The number of hydrogen-bond donors (Lipinski definition) is 1. The first kappa shape index (κ1) is 10.9. The molecule has 2 atom stereocenters. The van der Waals surface area contributed by atoms with Crippen LogP contribution in [0.3, 0.4) is 0 Å². The summed E-state index contributed by atoms with van der Waals surface area (Å²) in [6.07, 6.45) is 3.99. The van der Waals surface area contributed by atoms with E-state index in [1.165, 1.54) is 24.8 Å². The molecule has 1 nitrogen and oxygen atoms in total. The monoisotopic (exact) mass is 255 g/mol. The van der Waals surface area contributed by atoms with E-state index in [0.717, 1.165) is 28.5 Å². The van der Waals surface area contributed by atoms with Gasteiger partial charge in [-0.1, -0.05) is 29.3 Å². The van der Waals surface area contributed by atoms with Gasteiger partial charge in [0.1, 0.15) is 0 Å². The van der Waals surface area contributed by atoms with Gasteiger partial charge in [0.15, 0.2) is 0 Å². The summed E-state index contributed by atoms with van der Waals surface area (Å²) in [5, 5.41) is 5.13. The maximum atomic E-state index is 6.20. The van der Waals surface area contributed by atoms with Gasteiger partial charge in [-0.05, 0) is 55.3 Å². The van der Waals surface area contributed by atoms with Crippen LogP contribution in [0.2, 0.25) is 10.0 Å². The number of rotatable bonds is 4. The Morgan fingerprint density at radius 2 is 2.06 bits per heavy atom. The van der Waals surface area contributed by atoms with Crippen LogP contribution in [0.25, 0.3) is 0 Å². The molecule has 1 N–H and O–H groups in total. The molecule has 0 radical (unpaired) electrons. The zero-order valence-electron chi connectivity index (χ0n) is 9.05. The Kier molecular flexibility index (Phi) is 2.87. The Balaban J connectivity index is 1.61. The molecule has 0 aliphatic heterocycles. The Bertz CT molecular complexity index is 401. The second kappa shape index (κ2) is 4.21. The van der Waals surface area contributed by atoms with Crippen LogP contribution < -0.4 is 5.32 Å². The second-order valence-electron chi connectivity index (χ2n) is 4.95. The molecule has 2 aliphatic carbocycles. The van der Waals surface area contributed by atoms with E-state index in [1.54, 1.807) is 0 Å². The van der Waals surface area contributed by atoms with Crippen LogP contribution in [0.5, 0.6) is 0 Å². The Morgan fingerprint density at radius 1 is 1.25 bits per heavy atom. The fourth-order valence-electron chi connectivity index (χ4n) is 2.26. The summed E-state index contributed by atoms with van der Waals surface area (Å²) in [5.41, 5.74) is 1.27. The highest BCUT2D eigenvalue weighted by atomic mass is 35.5. The number of nitrogens with one attached hydrogen (secondary N) is 1. The van der Waals surface area contributed by atoms with Gasteiger partial charge in [0.05, 0.1) is 0 Å². The van der Waals surface area contributed by atoms with E-state index < -0.39 is 0 Å². The fourth-order valence-corrected chi connectivity index (χ4v) is 2.81. The molecule has 2 unspecified atom stereocenters. The molecule has 1 aromatic carbocycles. The van der Waals surface area contributed by atoms with E-state index in [4.69, 9.17) is 23.2 Å². The van der Waals surface area contributed by atoms with Crippen molar-refractivity contribution in [1.29, 1.82) is 0 Å². The normalized spacial score (nSPS) is 28.1. The van der Waals surface area contributed by atoms with E-state index in [1.807, 2.05) is 12.1 Å². The molecule has 3 heteroatoms. The molecule has 86 valence electrons. The van der Waals surface area contributed by atoms with Gasteiger partial charge in [0.25, 0.3) is 0 Å². The zero-order valence-corrected chi connectivity index (χ0v) is 10.6. The maximum absolute atomic E-state index is 6.20. The van der Waals surface area contributed by atoms with E-state index in [0.29, 0.717) is 5.92 Å². The number of benzene rings is 1. The zero-order chi connectivity index (χ0) is 11.1. The van der Waals surface area contributed by atoms with Crippen molar-refractivity contribution >= 4 is 23.2 Å². The van der Waals surface area contributed by atoms with Gasteiger partial charge in [-0.15, -0.1) is 0 Å². The standard InChI is InChI=1S/C13H15Cl2N/c14-9-1-4-11(13(15)6-9)12-5-8(12)7-16-10-2-3-10/h1,4,6,8,10,12,16H,2-3,5,7H2. The highest BCUT2D eigenvalue weighted by molar-refractivity contribution is 6.35. The predicted molar refractivity (Wildman–Crippen MR) is 68.3 cm³/mol. The van der Waals surface area contributed by atoms with Crippen LogP contribution in [0.15, 0.2) is 18.2 Å². The average Bonchev–Trinajstić information content (AvgIpc) is 3.11. The van der Waals surface area contributed by atoms with Crippen molar-refractivity contribution in [3.63, 3.8) is 0 Å². The highest BCUT2D eigenvalue weighted by Crippen LogP contribution is 2.49. The Hall–Kier alpha value is -0.240. The molecular formula is C13H15Cl2N. The molecule has 0 saturated heterocycles. The molecule has 0 heterocycles. The molecule has 0 amide bonds. The van der Waals surface area contributed by atoms with Crippen molar-refractivity contribution in [3.8, 4) is 0 Å². The van der Waals surface area contributed by atoms with Crippen molar-refractivity contribution in [1.82, 2.24) is 5.32 Å². The van der Waals surface area contributed by atoms with Crippen molar-refractivity contribution in [2.24, 2.45) is 5.92 Å². The van der Waals surface area contributed by atoms with Gasteiger partial charge in [0, 0.05) is 16.1 Å². The van der Waals surface area contributed by atoms with Gasteiger partial charge >= 0.3 is 0 Å². The third-order valence-corrected chi connectivity index (χ3v) is 4.09. The molecule has 0 aromatic heterocycles. The molecular weight excluding hydrogens is 241 g/mol. The molecule has 16 heavy (non-hydrogen) atoms. The lowest BCUT2D eigenvalue weighted by Crippen LogP contribution is -2.19. The maximum Gasteiger partial charge on any atom is 0.0455 e. The quantitative estimate of drug-likeness (QED) is 0.862. The lowest BCUT2D eigenvalue weighted by atomic mass is 10.1. The molecule has 2 aliphatic rings. The van der Waals surface area contributed by atoms with E-state index in [9.17, 15) is 0 Å². The molecule has 1 aromatic rings. The number of hydrogen-bond acceptors (Lipinski definition) is 1. The van der Waals surface area contributed by atoms with E-state index >= 15 is 0 Å². The fraction of sp³-hybridized carbons (Fsp3) is 0.538. The lowest BCUT2D eigenvalue weighted by Gasteiger charge is -2.05. The predicted octanol–water partition coefficient (Wildman–Crippen LogP) is 3.85. The summed E-state index contributed by atoms with van der Waals surface area (Å²) in [6, 6.07) is 6.67. The van der Waals surface area contributed by atoms with Crippen molar-refractivity contribution in [2.45, 2.75) is 31.2 Å². The first-order valence-electron chi connectivity index (χ1n) is 5.92. The molecule has 0 bridgehead atoms. The van der Waals surface area contributed by atoms with Crippen LogP contribution in [0.1, 0.15) is 30.7 Å². The van der Waals surface area contributed by atoms with Gasteiger partial charge in [0.2, 0.25) is 0 Å². The largest absolute Gasteiger partial charge is 0.314 e. The van der Waals surface area contributed by atoms with Crippen LogP contribution in [0.4, 0.5) is 0 Å². The van der Waals surface area contributed by atoms with Gasteiger partial charge in [-0.2, -0.15) is 0 Å². The van der Waals surface area contributed by atoms with Crippen molar-refractivity contribution in [3.05, 3.63) is 33.8 Å². The molecule has 0 spiro atoms. The van der Waals surface area contributed by atoms with E-state index in [2.05, 4.69) is 11.4 Å². The van der Waals surface area contributed by atoms with Crippen LogP contribution in [0, 0.1) is 5.92 Å². The van der Waals surface area contributed by atoms with Gasteiger partial charge < -0.3 is 5.32 Å². The van der Waals surface area contributed by atoms with Gasteiger partial charge in [-0.3, -0.25) is 0 Å². The topological polar surface area (TPSA) is 12.0 Å². The van der Waals surface area contributed by atoms with E-state index in [-0.39, 0.29) is 0 Å². The number of halogens is 2. The minimum atomic E-state index is 0.649. The van der Waals surface area contributed by atoms with Crippen molar-refractivity contribution in [2.75, 3.05) is 6.54 Å². The Morgan fingerprint density at radius 3 is 2.75 bits per heavy atom. The van der Waals surface area contributed by atoms with Crippen LogP contribution in [-0.2, 0) is 0 Å². The third kappa shape index (κ3) is 2.37. The minimum absolute atomic E-state index is 0.649. The highest BCUT2D eigenvalue weighted by Gasteiger charge is 2.39. The smallest absolute Gasteiger partial charge is 0.0455 e. The first-order valence-corrected chi connectivity index (χ1v) is 6.68. The summed E-state index contributed by atoms with van der Waals surface area (Å²) >= 11 is 12.1. The van der Waals surface area contributed by atoms with Crippen molar-refractivity contribution < 1.29 is 0 Å².